The molecule has 0 aliphatic carbocycles. The summed E-state index contributed by atoms with van der Waals surface area (Å²) in [6.07, 6.45) is 4.28. The van der Waals surface area contributed by atoms with Crippen LogP contribution >= 0.6 is 0 Å². The van der Waals surface area contributed by atoms with Crippen molar-refractivity contribution in [3.8, 4) is 0 Å². The van der Waals surface area contributed by atoms with Crippen molar-refractivity contribution in [1.29, 1.82) is 0 Å². The molecule has 0 unspecified atom stereocenters. The normalized spacial score (nSPS) is 18.6. The Labute approximate surface area is 148 Å². The molecular weight excluding hydrogens is 318 g/mol. The molecule has 25 heavy (non-hydrogen) atoms. The minimum atomic E-state index is -0.768. The van der Waals surface area contributed by atoms with Crippen LogP contribution in [0.5, 0.6) is 0 Å². The number of piperidine rings is 1. The SMILES string of the molecule is Fc1ccc(CCN2CCC(N3CCc4ccccc43)CC2)cc1F. The number of rotatable bonds is 4. The second-order valence-corrected chi connectivity index (χ2v) is 7.14. The van der Waals surface area contributed by atoms with Crippen LogP contribution in [0.1, 0.15) is 24.0 Å². The summed E-state index contributed by atoms with van der Waals surface area (Å²) in [7, 11) is 0. The van der Waals surface area contributed by atoms with Gasteiger partial charge in [0, 0.05) is 37.9 Å². The number of hydrogen-bond acceptors (Lipinski definition) is 2. The molecule has 2 aliphatic rings. The van der Waals surface area contributed by atoms with Gasteiger partial charge in [-0.3, -0.25) is 0 Å². The first-order valence-electron chi connectivity index (χ1n) is 9.21. The molecule has 2 aliphatic heterocycles. The molecule has 4 rings (SSSR count). The van der Waals surface area contributed by atoms with Gasteiger partial charge in [-0.1, -0.05) is 24.3 Å². The lowest BCUT2D eigenvalue weighted by atomic mass is 10.0. The van der Waals surface area contributed by atoms with E-state index in [2.05, 4.69) is 34.1 Å². The highest BCUT2D eigenvalue weighted by molar-refractivity contribution is 5.58. The average Bonchev–Trinajstić information content (AvgIpc) is 3.07. The van der Waals surface area contributed by atoms with Gasteiger partial charge in [-0.2, -0.15) is 0 Å². The predicted molar refractivity (Wildman–Crippen MR) is 97.0 cm³/mol. The predicted octanol–water partition coefficient (Wildman–Crippen LogP) is 4.03. The molecule has 0 spiro atoms. The maximum atomic E-state index is 13.3. The number of para-hydroxylation sites is 1. The first-order chi connectivity index (χ1) is 12.2. The van der Waals surface area contributed by atoms with Crippen LogP contribution in [0.4, 0.5) is 14.5 Å². The molecule has 0 saturated carbocycles. The fraction of sp³-hybridized carbons (Fsp3) is 0.429. The Balaban J connectivity index is 1.29. The first-order valence-corrected chi connectivity index (χ1v) is 9.21. The van der Waals surface area contributed by atoms with Crippen LogP contribution in [-0.2, 0) is 12.8 Å². The number of nitrogens with zero attached hydrogens (tertiary/aromatic N) is 2. The van der Waals surface area contributed by atoms with Crippen molar-refractivity contribution in [2.45, 2.75) is 31.7 Å². The van der Waals surface area contributed by atoms with Crippen LogP contribution < -0.4 is 4.90 Å². The van der Waals surface area contributed by atoms with E-state index in [1.165, 1.54) is 36.2 Å². The average molecular weight is 342 g/mol. The van der Waals surface area contributed by atoms with E-state index in [1.54, 1.807) is 6.07 Å². The lowest BCUT2D eigenvalue weighted by molar-refractivity contribution is 0.212. The monoisotopic (exact) mass is 342 g/mol. The van der Waals surface area contributed by atoms with Gasteiger partial charge in [0.15, 0.2) is 11.6 Å². The van der Waals surface area contributed by atoms with Crippen LogP contribution in [0.25, 0.3) is 0 Å². The van der Waals surface area contributed by atoms with Crippen molar-refractivity contribution in [2.24, 2.45) is 0 Å². The van der Waals surface area contributed by atoms with Gasteiger partial charge in [-0.25, -0.2) is 8.78 Å². The highest BCUT2D eigenvalue weighted by atomic mass is 19.2. The highest BCUT2D eigenvalue weighted by Gasteiger charge is 2.28. The number of halogens is 2. The van der Waals surface area contributed by atoms with E-state index in [1.807, 2.05) is 0 Å². The molecule has 0 atom stereocenters. The molecule has 1 saturated heterocycles. The maximum absolute atomic E-state index is 13.3. The second-order valence-electron chi connectivity index (χ2n) is 7.14. The maximum Gasteiger partial charge on any atom is 0.159 e. The Kier molecular flexibility index (Phi) is 4.71. The Morgan fingerprint density at radius 2 is 1.72 bits per heavy atom. The van der Waals surface area contributed by atoms with Gasteiger partial charge in [0.2, 0.25) is 0 Å². The van der Waals surface area contributed by atoms with Crippen LogP contribution in [-0.4, -0.2) is 37.1 Å². The zero-order chi connectivity index (χ0) is 17.2. The largest absolute Gasteiger partial charge is 0.368 e. The first kappa shape index (κ1) is 16.5. The Hall–Kier alpha value is -1.94. The summed E-state index contributed by atoms with van der Waals surface area (Å²) in [6.45, 7) is 4.20. The molecule has 2 heterocycles. The summed E-state index contributed by atoms with van der Waals surface area (Å²) in [5.74, 6) is -1.51. The molecule has 1 fully saturated rings. The number of fused-ring (bicyclic) bond motifs is 1. The summed E-state index contributed by atoms with van der Waals surface area (Å²) in [5.41, 5.74) is 3.76. The van der Waals surface area contributed by atoms with Crippen LogP contribution in [0.3, 0.4) is 0 Å². The molecule has 2 aromatic carbocycles. The summed E-state index contributed by atoms with van der Waals surface area (Å²) >= 11 is 0. The molecule has 0 N–H and O–H groups in total. The smallest absolute Gasteiger partial charge is 0.159 e. The van der Waals surface area contributed by atoms with E-state index in [9.17, 15) is 8.78 Å². The van der Waals surface area contributed by atoms with Crippen molar-refractivity contribution >= 4 is 5.69 Å². The fourth-order valence-electron chi connectivity index (χ4n) is 4.18. The molecular formula is C21H24F2N2. The van der Waals surface area contributed by atoms with E-state index >= 15 is 0 Å². The minimum Gasteiger partial charge on any atom is -0.368 e. The van der Waals surface area contributed by atoms with Crippen molar-refractivity contribution in [3.05, 3.63) is 65.2 Å². The zero-order valence-corrected chi connectivity index (χ0v) is 14.4. The number of likely N-dealkylation sites (tertiary alicyclic amines) is 1. The third-order valence-electron chi connectivity index (χ3n) is 5.62. The molecule has 0 aromatic heterocycles. The van der Waals surface area contributed by atoms with Crippen LogP contribution in [0.15, 0.2) is 42.5 Å². The standard InChI is InChI=1S/C21H24F2N2/c22-19-6-5-16(15-20(19)23)7-11-24-12-9-18(10-13-24)25-14-8-17-3-1-2-4-21(17)25/h1-6,15,18H,7-14H2. The fourth-order valence-corrected chi connectivity index (χ4v) is 4.18. The summed E-state index contributed by atoms with van der Waals surface area (Å²) in [6, 6.07) is 13.6. The molecule has 0 amide bonds. The third-order valence-corrected chi connectivity index (χ3v) is 5.62. The van der Waals surface area contributed by atoms with Crippen molar-refractivity contribution in [2.75, 3.05) is 31.1 Å². The molecule has 4 heteroatoms. The van der Waals surface area contributed by atoms with Crippen molar-refractivity contribution < 1.29 is 8.78 Å². The van der Waals surface area contributed by atoms with Gasteiger partial charge in [0.25, 0.3) is 0 Å². The van der Waals surface area contributed by atoms with E-state index in [0.717, 1.165) is 44.6 Å². The molecule has 2 aromatic rings. The Bertz CT molecular complexity index is 738. The molecule has 2 nitrogen and oxygen atoms in total. The number of anilines is 1. The highest BCUT2D eigenvalue weighted by Crippen LogP contribution is 2.32. The zero-order valence-electron chi connectivity index (χ0n) is 14.4. The second kappa shape index (κ2) is 7.12. The Morgan fingerprint density at radius 3 is 2.52 bits per heavy atom. The topological polar surface area (TPSA) is 6.48 Å². The minimum absolute atomic E-state index is 0.628. The van der Waals surface area contributed by atoms with Gasteiger partial charge in [-0.15, -0.1) is 0 Å². The molecule has 132 valence electrons. The molecule has 0 radical (unpaired) electrons. The quantitative estimate of drug-likeness (QED) is 0.828. The lowest BCUT2D eigenvalue weighted by Crippen LogP contribution is -2.44. The lowest BCUT2D eigenvalue weighted by Gasteiger charge is -2.38. The third kappa shape index (κ3) is 3.54. The van der Waals surface area contributed by atoms with Crippen LogP contribution in [0.2, 0.25) is 0 Å². The summed E-state index contributed by atoms with van der Waals surface area (Å²) in [5, 5.41) is 0. The van der Waals surface area contributed by atoms with E-state index in [4.69, 9.17) is 0 Å². The van der Waals surface area contributed by atoms with Crippen molar-refractivity contribution in [1.82, 2.24) is 4.90 Å². The summed E-state index contributed by atoms with van der Waals surface area (Å²) < 4.78 is 26.3. The number of hydrogen-bond donors (Lipinski definition) is 0. The summed E-state index contributed by atoms with van der Waals surface area (Å²) in [4.78, 5) is 5.03. The van der Waals surface area contributed by atoms with Gasteiger partial charge in [0.05, 0.1) is 0 Å². The van der Waals surface area contributed by atoms with Crippen molar-refractivity contribution in [3.63, 3.8) is 0 Å². The van der Waals surface area contributed by atoms with Gasteiger partial charge in [-0.05, 0) is 55.0 Å². The number of benzene rings is 2. The van der Waals surface area contributed by atoms with Crippen LogP contribution in [0, 0.1) is 11.6 Å². The Morgan fingerprint density at radius 1 is 0.920 bits per heavy atom. The van der Waals surface area contributed by atoms with E-state index in [-0.39, 0.29) is 0 Å². The molecule has 0 bridgehead atoms. The van der Waals surface area contributed by atoms with Gasteiger partial charge >= 0.3 is 0 Å². The van der Waals surface area contributed by atoms with E-state index < -0.39 is 11.6 Å². The van der Waals surface area contributed by atoms with Gasteiger partial charge in [0.1, 0.15) is 0 Å². The van der Waals surface area contributed by atoms with E-state index in [0.29, 0.717) is 6.04 Å². The van der Waals surface area contributed by atoms with Gasteiger partial charge < -0.3 is 9.80 Å².